The highest BCUT2D eigenvalue weighted by molar-refractivity contribution is 6.04. The molecule has 0 spiro atoms. The number of nitro groups is 1. The van der Waals surface area contributed by atoms with E-state index >= 15 is 0 Å². The molecule has 1 N–H and O–H groups in total. The first-order valence-corrected chi connectivity index (χ1v) is 6.07. The molecule has 6 heteroatoms. The predicted molar refractivity (Wildman–Crippen MR) is 76.9 cm³/mol. The normalized spacial score (nSPS) is 9.71. The van der Waals surface area contributed by atoms with Crippen molar-refractivity contribution in [1.29, 1.82) is 5.26 Å². The average molecular weight is 281 g/mol. The highest BCUT2D eigenvalue weighted by Gasteiger charge is 2.13. The van der Waals surface area contributed by atoms with Crippen LogP contribution in [0.2, 0.25) is 0 Å². The van der Waals surface area contributed by atoms with Gasteiger partial charge in [-0.05, 0) is 42.8 Å². The topological polar surface area (TPSA) is 96.0 Å². The molecule has 104 valence electrons. The number of anilines is 1. The van der Waals surface area contributed by atoms with Crippen molar-refractivity contribution >= 4 is 17.3 Å². The lowest BCUT2D eigenvalue weighted by Crippen LogP contribution is -2.12. The van der Waals surface area contributed by atoms with Gasteiger partial charge in [-0.1, -0.05) is 0 Å². The number of hydrogen-bond acceptors (Lipinski definition) is 4. The Hall–Kier alpha value is -3.20. The SMILES string of the molecule is Cc1cc(C(=O)Nc2ccc(C#N)cc2)cc([N+](=O)[O-])c1. The smallest absolute Gasteiger partial charge is 0.270 e. The van der Waals surface area contributed by atoms with Crippen molar-refractivity contribution in [2.75, 3.05) is 5.32 Å². The van der Waals surface area contributed by atoms with Gasteiger partial charge in [0.2, 0.25) is 0 Å². The van der Waals surface area contributed by atoms with Crippen LogP contribution in [0, 0.1) is 28.4 Å². The Morgan fingerprint density at radius 2 is 1.90 bits per heavy atom. The van der Waals surface area contributed by atoms with Gasteiger partial charge in [0.15, 0.2) is 0 Å². The summed E-state index contributed by atoms with van der Waals surface area (Å²) >= 11 is 0. The second kappa shape index (κ2) is 5.84. The van der Waals surface area contributed by atoms with Gasteiger partial charge in [-0.25, -0.2) is 0 Å². The number of aryl methyl sites for hydroxylation is 1. The van der Waals surface area contributed by atoms with Gasteiger partial charge in [-0.3, -0.25) is 14.9 Å². The molecule has 2 aromatic carbocycles. The number of non-ortho nitro benzene ring substituents is 1. The quantitative estimate of drug-likeness (QED) is 0.690. The first-order valence-electron chi connectivity index (χ1n) is 6.07. The minimum Gasteiger partial charge on any atom is -0.322 e. The van der Waals surface area contributed by atoms with E-state index in [4.69, 9.17) is 5.26 Å². The fourth-order valence-electron chi connectivity index (χ4n) is 1.83. The summed E-state index contributed by atoms with van der Waals surface area (Å²) in [5.74, 6) is -0.438. The number of rotatable bonds is 3. The fourth-order valence-corrected chi connectivity index (χ4v) is 1.83. The van der Waals surface area contributed by atoms with Crippen molar-refractivity contribution in [2.24, 2.45) is 0 Å². The summed E-state index contributed by atoms with van der Waals surface area (Å²) in [7, 11) is 0. The van der Waals surface area contributed by atoms with Crippen LogP contribution in [0.15, 0.2) is 42.5 Å². The van der Waals surface area contributed by atoms with E-state index < -0.39 is 10.8 Å². The molecular formula is C15H11N3O3. The number of nitro benzene ring substituents is 1. The zero-order valence-electron chi connectivity index (χ0n) is 11.2. The largest absolute Gasteiger partial charge is 0.322 e. The Labute approximate surface area is 120 Å². The van der Waals surface area contributed by atoms with Gasteiger partial charge >= 0.3 is 0 Å². The van der Waals surface area contributed by atoms with Crippen LogP contribution in [-0.4, -0.2) is 10.8 Å². The molecule has 0 fully saturated rings. The monoisotopic (exact) mass is 281 g/mol. The molecule has 0 aliphatic heterocycles. The third-order valence-corrected chi connectivity index (χ3v) is 2.81. The van der Waals surface area contributed by atoms with Crippen molar-refractivity contribution in [3.63, 3.8) is 0 Å². The van der Waals surface area contributed by atoms with E-state index in [2.05, 4.69) is 5.32 Å². The van der Waals surface area contributed by atoms with Crippen LogP contribution >= 0.6 is 0 Å². The lowest BCUT2D eigenvalue weighted by Gasteiger charge is -2.06. The van der Waals surface area contributed by atoms with Crippen molar-refractivity contribution in [3.8, 4) is 6.07 Å². The Morgan fingerprint density at radius 3 is 2.48 bits per heavy atom. The molecule has 21 heavy (non-hydrogen) atoms. The summed E-state index contributed by atoms with van der Waals surface area (Å²) in [4.78, 5) is 22.4. The summed E-state index contributed by atoms with van der Waals surface area (Å²) in [6, 6.07) is 12.5. The van der Waals surface area contributed by atoms with Gasteiger partial charge in [0.1, 0.15) is 0 Å². The Balaban J connectivity index is 2.23. The predicted octanol–water partition coefficient (Wildman–Crippen LogP) is 3.03. The molecule has 0 aromatic heterocycles. The van der Waals surface area contributed by atoms with Gasteiger partial charge in [-0.15, -0.1) is 0 Å². The summed E-state index contributed by atoms with van der Waals surface area (Å²) in [5.41, 5.74) is 1.72. The fraction of sp³-hybridized carbons (Fsp3) is 0.0667. The number of nitrogens with zero attached hydrogens (tertiary/aromatic N) is 2. The zero-order valence-corrected chi connectivity index (χ0v) is 11.2. The van der Waals surface area contributed by atoms with Gasteiger partial charge in [0.05, 0.1) is 16.6 Å². The number of hydrogen-bond donors (Lipinski definition) is 1. The standard InChI is InChI=1S/C15H11N3O3/c1-10-6-12(8-14(7-10)18(20)21)15(19)17-13-4-2-11(9-16)3-5-13/h2-8H,1H3,(H,17,19). The molecule has 0 aliphatic carbocycles. The third kappa shape index (κ3) is 3.42. The molecule has 0 atom stereocenters. The van der Waals surface area contributed by atoms with Crippen LogP contribution in [0.4, 0.5) is 11.4 Å². The van der Waals surface area contributed by atoms with Crippen LogP contribution in [0.3, 0.4) is 0 Å². The highest BCUT2D eigenvalue weighted by Crippen LogP contribution is 2.18. The van der Waals surface area contributed by atoms with E-state index in [1.165, 1.54) is 12.1 Å². The minimum absolute atomic E-state index is 0.125. The first-order chi connectivity index (χ1) is 9.99. The van der Waals surface area contributed by atoms with Crippen molar-refractivity contribution < 1.29 is 9.72 Å². The van der Waals surface area contributed by atoms with E-state index in [1.54, 1.807) is 37.3 Å². The maximum atomic E-state index is 12.1. The average Bonchev–Trinajstić information content (AvgIpc) is 2.47. The first kappa shape index (κ1) is 14.2. The number of nitriles is 1. The summed E-state index contributed by atoms with van der Waals surface area (Å²) < 4.78 is 0. The van der Waals surface area contributed by atoms with E-state index in [9.17, 15) is 14.9 Å². The molecule has 0 saturated carbocycles. The Morgan fingerprint density at radius 1 is 1.24 bits per heavy atom. The molecule has 1 amide bonds. The van der Waals surface area contributed by atoms with Gasteiger partial charge in [0, 0.05) is 23.4 Å². The van der Waals surface area contributed by atoms with Crippen LogP contribution in [0.5, 0.6) is 0 Å². The molecule has 0 bridgehead atoms. The van der Waals surface area contributed by atoms with Gasteiger partial charge < -0.3 is 5.32 Å². The summed E-state index contributed by atoms with van der Waals surface area (Å²) in [6.07, 6.45) is 0. The van der Waals surface area contributed by atoms with E-state index in [1.807, 2.05) is 6.07 Å². The maximum Gasteiger partial charge on any atom is 0.270 e. The summed E-state index contributed by atoms with van der Waals surface area (Å²) in [6.45, 7) is 1.69. The van der Waals surface area contributed by atoms with Crippen LogP contribution in [-0.2, 0) is 0 Å². The van der Waals surface area contributed by atoms with Crippen molar-refractivity contribution in [1.82, 2.24) is 0 Å². The van der Waals surface area contributed by atoms with Crippen LogP contribution in [0.25, 0.3) is 0 Å². The maximum absolute atomic E-state index is 12.1. The minimum atomic E-state index is -0.536. The van der Waals surface area contributed by atoms with Crippen LogP contribution < -0.4 is 5.32 Å². The molecule has 0 heterocycles. The number of carbonyl (C=O) groups is 1. The lowest BCUT2D eigenvalue weighted by molar-refractivity contribution is -0.384. The third-order valence-electron chi connectivity index (χ3n) is 2.81. The Kier molecular flexibility index (Phi) is 3.95. The number of nitrogens with one attached hydrogen (secondary N) is 1. The molecule has 2 aromatic rings. The summed E-state index contributed by atoms with van der Waals surface area (Å²) in [5, 5.41) is 22.1. The number of benzene rings is 2. The van der Waals surface area contributed by atoms with Gasteiger partial charge in [0.25, 0.3) is 11.6 Å². The molecule has 0 radical (unpaired) electrons. The zero-order chi connectivity index (χ0) is 15.4. The molecule has 0 aliphatic rings. The second-order valence-corrected chi connectivity index (χ2v) is 4.46. The molecule has 0 unspecified atom stereocenters. The van der Waals surface area contributed by atoms with Crippen molar-refractivity contribution in [3.05, 3.63) is 69.3 Å². The second-order valence-electron chi connectivity index (χ2n) is 4.46. The lowest BCUT2D eigenvalue weighted by atomic mass is 10.1. The Bertz CT molecular complexity index is 746. The molecule has 0 saturated heterocycles. The molecule has 6 nitrogen and oxygen atoms in total. The van der Waals surface area contributed by atoms with E-state index in [-0.39, 0.29) is 11.3 Å². The molecular weight excluding hydrogens is 270 g/mol. The molecule has 2 rings (SSSR count). The van der Waals surface area contributed by atoms with Crippen LogP contribution in [0.1, 0.15) is 21.5 Å². The van der Waals surface area contributed by atoms with Gasteiger partial charge in [-0.2, -0.15) is 5.26 Å². The highest BCUT2D eigenvalue weighted by atomic mass is 16.6. The van der Waals surface area contributed by atoms with E-state index in [0.29, 0.717) is 16.8 Å². The van der Waals surface area contributed by atoms with E-state index in [0.717, 1.165) is 0 Å². The van der Waals surface area contributed by atoms with Crippen molar-refractivity contribution in [2.45, 2.75) is 6.92 Å². The number of amides is 1. The number of carbonyl (C=O) groups excluding carboxylic acids is 1.